The first-order valence-electron chi connectivity index (χ1n) is 13.4. The molecule has 1 atom stereocenters. The molecule has 0 aliphatic carbocycles. The average Bonchev–Trinajstić information content (AvgIpc) is 3.52. The lowest BCUT2D eigenvalue weighted by molar-refractivity contribution is 0.0764. The number of halogens is 3. The van der Waals surface area contributed by atoms with Crippen molar-refractivity contribution in [2.75, 3.05) is 24.0 Å². The van der Waals surface area contributed by atoms with Crippen LogP contribution in [0.15, 0.2) is 89.1 Å². The molecule has 0 bridgehead atoms. The third-order valence-electron chi connectivity index (χ3n) is 6.72. The lowest BCUT2D eigenvalue weighted by Gasteiger charge is -2.32. The molecule has 0 saturated carbocycles. The summed E-state index contributed by atoms with van der Waals surface area (Å²) in [5.74, 6) is -1.26. The molecule has 0 N–H and O–H groups in total. The Bertz CT molecular complexity index is 1600. The van der Waals surface area contributed by atoms with Crippen molar-refractivity contribution in [3.63, 3.8) is 0 Å². The first-order chi connectivity index (χ1) is 20.1. The Labute approximate surface area is 254 Å². The maximum Gasteiger partial charge on any atom is 0.264 e. The van der Waals surface area contributed by atoms with E-state index >= 15 is 4.39 Å². The number of sulfonamides is 1. The van der Waals surface area contributed by atoms with Crippen LogP contribution in [0, 0.1) is 11.6 Å². The second-order valence-corrected chi connectivity index (χ2v) is 12.7. The van der Waals surface area contributed by atoms with Gasteiger partial charge in [-0.25, -0.2) is 17.2 Å². The number of carbonyl (C=O) groups excluding carboxylic acids is 1. The maximum atomic E-state index is 15.1. The molecule has 1 amide bonds. The van der Waals surface area contributed by atoms with Gasteiger partial charge in [0.25, 0.3) is 15.9 Å². The predicted molar refractivity (Wildman–Crippen MR) is 163 cm³/mol. The van der Waals surface area contributed by atoms with E-state index in [9.17, 15) is 17.6 Å². The Balaban J connectivity index is 1.54. The van der Waals surface area contributed by atoms with Gasteiger partial charge in [0.15, 0.2) is 0 Å². The van der Waals surface area contributed by atoms with Crippen LogP contribution in [0.3, 0.4) is 0 Å². The molecule has 1 heterocycles. The molecule has 42 heavy (non-hydrogen) atoms. The van der Waals surface area contributed by atoms with Crippen LogP contribution in [0.25, 0.3) is 0 Å². The molecular weight excluding hydrogens is 602 g/mol. The van der Waals surface area contributed by atoms with Gasteiger partial charge in [-0.3, -0.25) is 9.10 Å². The van der Waals surface area contributed by atoms with E-state index in [0.29, 0.717) is 53.8 Å². The summed E-state index contributed by atoms with van der Waals surface area (Å²) < 4.78 is 64.1. The molecule has 6 nitrogen and oxygen atoms in total. The molecule has 0 fully saturated rings. The van der Waals surface area contributed by atoms with Crippen molar-refractivity contribution in [1.29, 1.82) is 0 Å². The third-order valence-corrected chi connectivity index (χ3v) is 9.73. The lowest BCUT2D eigenvalue weighted by Crippen LogP contribution is -2.34. The summed E-state index contributed by atoms with van der Waals surface area (Å²) in [6, 6.07) is 17.7. The van der Waals surface area contributed by atoms with Crippen molar-refractivity contribution in [1.82, 2.24) is 4.90 Å². The predicted octanol–water partition coefficient (Wildman–Crippen LogP) is 7.96. The van der Waals surface area contributed by atoms with Crippen molar-refractivity contribution in [3.05, 3.63) is 111 Å². The van der Waals surface area contributed by atoms with Gasteiger partial charge in [0.05, 0.1) is 28.1 Å². The van der Waals surface area contributed by atoms with Crippen molar-refractivity contribution in [2.45, 2.75) is 37.6 Å². The highest BCUT2D eigenvalue weighted by atomic mass is 35.5. The van der Waals surface area contributed by atoms with Crippen molar-refractivity contribution >= 4 is 44.6 Å². The van der Waals surface area contributed by atoms with Gasteiger partial charge in [-0.2, -0.15) is 0 Å². The SMILES string of the molecule is CCN(CCCCOc1ccccc1C(C)N(c1cc(F)ccc1F)S(=O)(=O)c1ccc(Cl)cc1)C(=O)c1cccs1. The Morgan fingerprint density at radius 2 is 1.74 bits per heavy atom. The fourth-order valence-corrected chi connectivity index (χ4v) is 7.00. The number of unbranched alkanes of at least 4 members (excludes halogenated alkanes) is 1. The molecule has 11 heteroatoms. The first kappa shape index (κ1) is 31.5. The van der Waals surface area contributed by atoms with E-state index in [1.54, 1.807) is 36.1 Å². The minimum Gasteiger partial charge on any atom is -0.493 e. The van der Waals surface area contributed by atoms with E-state index in [1.807, 2.05) is 24.4 Å². The number of ether oxygens (including phenoxy) is 1. The smallest absolute Gasteiger partial charge is 0.264 e. The first-order valence-corrected chi connectivity index (χ1v) is 16.1. The normalized spacial score (nSPS) is 12.1. The van der Waals surface area contributed by atoms with E-state index in [-0.39, 0.29) is 10.8 Å². The van der Waals surface area contributed by atoms with Crippen molar-refractivity contribution < 1.29 is 26.7 Å². The van der Waals surface area contributed by atoms with E-state index in [2.05, 4.69) is 0 Å². The summed E-state index contributed by atoms with van der Waals surface area (Å²) >= 11 is 7.38. The van der Waals surface area contributed by atoms with E-state index in [1.165, 1.54) is 35.6 Å². The molecule has 3 aromatic carbocycles. The van der Waals surface area contributed by atoms with Gasteiger partial charge >= 0.3 is 0 Å². The molecule has 222 valence electrons. The number of anilines is 1. The monoisotopic (exact) mass is 632 g/mol. The number of nitrogens with zero attached hydrogens (tertiary/aromatic N) is 2. The van der Waals surface area contributed by atoms with E-state index in [0.717, 1.165) is 22.5 Å². The number of carbonyl (C=O) groups is 1. The summed E-state index contributed by atoms with van der Waals surface area (Å²) in [6.45, 7) is 5.00. The van der Waals surface area contributed by atoms with Crippen LogP contribution >= 0.6 is 22.9 Å². The van der Waals surface area contributed by atoms with Gasteiger partial charge < -0.3 is 9.64 Å². The van der Waals surface area contributed by atoms with Crippen molar-refractivity contribution in [2.24, 2.45) is 0 Å². The van der Waals surface area contributed by atoms with Gasteiger partial charge in [-0.1, -0.05) is 35.9 Å². The lowest BCUT2D eigenvalue weighted by atomic mass is 10.1. The topological polar surface area (TPSA) is 66.9 Å². The van der Waals surface area contributed by atoms with E-state index < -0.39 is 33.4 Å². The van der Waals surface area contributed by atoms with Crippen LogP contribution < -0.4 is 9.04 Å². The van der Waals surface area contributed by atoms with Crippen LogP contribution in [0.4, 0.5) is 14.5 Å². The van der Waals surface area contributed by atoms with Crippen LogP contribution in [0.1, 0.15) is 48.0 Å². The molecule has 0 radical (unpaired) electrons. The maximum absolute atomic E-state index is 15.1. The fraction of sp³-hybridized carbons (Fsp3) is 0.258. The van der Waals surface area contributed by atoms with Crippen LogP contribution in [-0.4, -0.2) is 38.9 Å². The number of amides is 1. The van der Waals surface area contributed by atoms with Gasteiger partial charge in [0.1, 0.15) is 17.4 Å². The summed E-state index contributed by atoms with van der Waals surface area (Å²) in [4.78, 5) is 15.0. The van der Waals surface area contributed by atoms with Gasteiger partial charge in [0.2, 0.25) is 0 Å². The number of hydrogen-bond acceptors (Lipinski definition) is 5. The fourth-order valence-electron chi connectivity index (χ4n) is 4.55. The Kier molecular flexibility index (Phi) is 10.6. The standard InChI is InChI=1S/C31H31ClF2N2O4S2/c1-3-35(31(37)30-11-8-20-41-30)18-6-7-19-40-29-10-5-4-9-26(29)22(2)36(28-21-24(33)14-17-27(28)34)42(38,39)25-15-12-23(32)13-16-25/h4-5,8-17,20-22H,3,6-7,18-19H2,1-2H3. The summed E-state index contributed by atoms with van der Waals surface area (Å²) in [7, 11) is -4.37. The number of para-hydroxylation sites is 1. The molecule has 4 rings (SSSR count). The third kappa shape index (κ3) is 7.29. The second kappa shape index (κ2) is 14.1. The highest BCUT2D eigenvalue weighted by Crippen LogP contribution is 2.38. The average molecular weight is 633 g/mol. The van der Waals surface area contributed by atoms with Crippen LogP contribution in [-0.2, 0) is 10.0 Å². The number of thiophene rings is 1. The second-order valence-electron chi connectivity index (χ2n) is 9.48. The molecule has 1 aromatic heterocycles. The zero-order valence-corrected chi connectivity index (χ0v) is 25.6. The van der Waals surface area contributed by atoms with Crippen LogP contribution in [0.2, 0.25) is 5.02 Å². The largest absolute Gasteiger partial charge is 0.493 e. The Morgan fingerprint density at radius 3 is 2.43 bits per heavy atom. The van der Waals surface area contributed by atoms with E-state index in [4.69, 9.17) is 16.3 Å². The summed E-state index contributed by atoms with van der Waals surface area (Å²) in [5.41, 5.74) is 0.0454. The quantitative estimate of drug-likeness (QED) is 0.140. The molecular formula is C31H31ClF2N2O4S2. The van der Waals surface area contributed by atoms with Crippen molar-refractivity contribution in [3.8, 4) is 5.75 Å². The minimum atomic E-state index is -4.37. The summed E-state index contributed by atoms with van der Waals surface area (Å²) in [6.07, 6.45) is 1.34. The zero-order valence-electron chi connectivity index (χ0n) is 23.2. The zero-order chi connectivity index (χ0) is 30.3. The number of rotatable bonds is 13. The highest BCUT2D eigenvalue weighted by Gasteiger charge is 2.34. The summed E-state index contributed by atoms with van der Waals surface area (Å²) in [5, 5.41) is 2.21. The Hall–Kier alpha value is -3.47. The van der Waals surface area contributed by atoms with Gasteiger partial charge in [0, 0.05) is 29.7 Å². The highest BCUT2D eigenvalue weighted by molar-refractivity contribution is 7.92. The molecule has 1 unspecified atom stereocenters. The molecule has 4 aromatic rings. The van der Waals surface area contributed by atoms with Gasteiger partial charge in [-0.15, -0.1) is 11.3 Å². The number of hydrogen-bond donors (Lipinski definition) is 0. The number of benzene rings is 3. The minimum absolute atomic E-state index is 0.000780. The molecule has 0 spiro atoms. The Morgan fingerprint density at radius 1 is 1.00 bits per heavy atom. The van der Waals surface area contributed by atoms with Crippen LogP contribution in [0.5, 0.6) is 5.75 Å². The van der Waals surface area contributed by atoms with Gasteiger partial charge in [-0.05, 0) is 80.6 Å². The molecule has 0 aliphatic heterocycles. The molecule has 0 saturated heterocycles. The molecule has 0 aliphatic rings.